The van der Waals surface area contributed by atoms with Crippen molar-refractivity contribution in [3.8, 4) is 0 Å². The minimum Gasteiger partial charge on any atom is -0.394 e. The largest absolute Gasteiger partial charge is 0.394 e. The fraction of sp³-hybridized carbons (Fsp3) is 0.455. The minimum absolute atomic E-state index is 0.0281. The molecule has 0 aromatic heterocycles. The van der Waals surface area contributed by atoms with Gasteiger partial charge in [-0.15, -0.1) is 0 Å². The number of nitrogens with two attached hydrogens (primary N) is 1. The lowest BCUT2D eigenvalue weighted by atomic mass is 9.99. The molecule has 0 amide bonds. The smallest absolute Gasteiger partial charge is 0.0624 e. The lowest BCUT2D eigenvalue weighted by Crippen LogP contribution is -2.15. The summed E-state index contributed by atoms with van der Waals surface area (Å²) >= 11 is 3.47. The predicted octanol–water partition coefficient (Wildman–Crippen LogP) is 2.56. The van der Waals surface area contributed by atoms with Gasteiger partial charge in [0.05, 0.1) is 12.6 Å². The lowest BCUT2D eigenvalue weighted by molar-refractivity contribution is 0.267. The molecule has 1 rings (SSSR count). The van der Waals surface area contributed by atoms with E-state index < -0.39 is 0 Å². The topological polar surface area (TPSA) is 46.2 Å². The van der Waals surface area contributed by atoms with Gasteiger partial charge >= 0.3 is 0 Å². The first-order chi connectivity index (χ1) is 6.56. The van der Waals surface area contributed by atoms with Crippen LogP contribution in [0.2, 0.25) is 0 Å². The molecule has 3 N–H and O–H groups in total. The zero-order chi connectivity index (χ0) is 10.7. The molecule has 0 unspecified atom stereocenters. The molecule has 0 aliphatic heterocycles. The van der Waals surface area contributed by atoms with Crippen LogP contribution < -0.4 is 5.73 Å². The van der Waals surface area contributed by atoms with Gasteiger partial charge in [-0.25, -0.2) is 0 Å². The summed E-state index contributed by atoms with van der Waals surface area (Å²) in [6, 6.07) is 5.79. The average molecular weight is 258 g/mol. The maximum absolute atomic E-state index is 8.95. The van der Waals surface area contributed by atoms with Crippen LogP contribution in [-0.2, 0) is 0 Å². The van der Waals surface area contributed by atoms with Gasteiger partial charge in [-0.05, 0) is 23.1 Å². The first-order valence-corrected chi connectivity index (χ1v) is 5.51. The highest BCUT2D eigenvalue weighted by Gasteiger charge is 2.09. The van der Waals surface area contributed by atoms with E-state index in [0.29, 0.717) is 5.92 Å². The van der Waals surface area contributed by atoms with Gasteiger partial charge in [0.25, 0.3) is 0 Å². The van der Waals surface area contributed by atoms with E-state index in [1.807, 2.05) is 6.07 Å². The first kappa shape index (κ1) is 11.7. The molecule has 0 heterocycles. The Hall–Kier alpha value is -0.380. The molecular weight excluding hydrogens is 242 g/mol. The Morgan fingerprint density at radius 3 is 2.50 bits per heavy atom. The third kappa shape index (κ3) is 2.56. The van der Waals surface area contributed by atoms with Crippen molar-refractivity contribution in [3.05, 3.63) is 33.8 Å². The molecule has 0 saturated carbocycles. The number of rotatable bonds is 3. The van der Waals surface area contributed by atoms with E-state index in [4.69, 9.17) is 10.8 Å². The van der Waals surface area contributed by atoms with Gasteiger partial charge in [-0.1, -0.05) is 41.9 Å². The van der Waals surface area contributed by atoms with Crippen LogP contribution in [0.1, 0.15) is 36.9 Å². The fourth-order valence-electron chi connectivity index (χ4n) is 1.30. The fourth-order valence-corrected chi connectivity index (χ4v) is 1.99. The quantitative estimate of drug-likeness (QED) is 0.875. The minimum atomic E-state index is -0.300. The van der Waals surface area contributed by atoms with E-state index in [1.54, 1.807) is 0 Å². The molecule has 2 nitrogen and oxygen atoms in total. The Kier molecular flexibility index (Phi) is 4.11. The van der Waals surface area contributed by atoms with Gasteiger partial charge in [0.15, 0.2) is 0 Å². The molecule has 3 heteroatoms. The number of aliphatic hydroxyl groups is 1. The Labute approximate surface area is 93.3 Å². The van der Waals surface area contributed by atoms with Gasteiger partial charge in [0, 0.05) is 4.47 Å². The molecule has 1 aromatic carbocycles. The van der Waals surface area contributed by atoms with E-state index in [9.17, 15) is 0 Å². The number of halogens is 1. The van der Waals surface area contributed by atoms with Crippen LogP contribution in [0.4, 0.5) is 0 Å². The maximum Gasteiger partial charge on any atom is 0.0624 e. The summed E-state index contributed by atoms with van der Waals surface area (Å²) in [5.74, 6) is 0.505. The summed E-state index contributed by atoms with van der Waals surface area (Å²) < 4.78 is 0.977. The second-order valence-corrected chi connectivity index (χ2v) is 4.58. The van der Waals surface area contributed by atoms with E-state index in [-0.39, 0.29) is 12.6 Å². The summed E-state index contributed by atoms with van der Waals surface area (Å²) in [5, 5.41) is 8.95. The Morgan fingerprint density at radius 2 is 2.07 bits per heavy atom. The van der Waals surface area contributed by atoms with Crippen LogP contribution in [0.15, 0.2) is 22.7 Å². The summed E-state index contributed by atoms with van der Waals surface area (Å²) in [6.07, 6.45) is 0. The lowest BCUT2D eigenvalue weighted by Gasteiger charge is -2.13. The summed E-state index contributed by atoms with van der Waals surface area (Å²) in [7, 11) is 0. The highest BCUT2D eigenvalue weighted by molar-refractivity contribution is 9.10. The molecule has 0 aliphatic rings. The second-order valence-electron chi connectivity index (χ2n) is 3.72. The van der Waals surface area contributed by atoms with Crippen molar-refractivity contribution in [1.29, 1.82) is 0 Å². The third-order valence-electron chi connectivity index (χ3n) is 2.29. The van der Waals surface area contributed by atoms with Crippen LogP contribution in [0.25, 0.3) is 0 Å². The molecule has 0 bridgehead atoms. The molecule has 1 aromatic rings. The number of aliphatic hydroxyl groups excluding tert-OH is 1. The van der Waals surface area contributed by atoms with Crippen LogP contribution in [0, 0.1) is 0 Å². The van der Waals surface area contributed by atoms with Crippen LogP contribution in [0.5, 0.6) is 0 Å². The van der Waals surface area contributed by atoms with Gasteiger partial charge in [-0.2, -0.15) is 0 Å². The van der Waals surface area contributed by atoms with Crippen molar-refractivity contribution in [3.63, 3.8) is 0 Å². The normalized spacial score (nSPS) is 13.3. The number of hydrogen-bond acceptors (Lipinski definition) is 2. The van der Waals surface area contributed by atoms with Crippen molar-refractivity contribution >= 4 is 15.9 Å². The van der Waals surface area contributed by atoms with E-state index in [1.165, 1.54) is 5.56 Å². The SMILES string of the molecule is CC(C)c1ccc([C@H](N)CO)c(Br)c1. The highest BCUT2D eigenvalue weighted by atomic mass is 79.9. The van der Waals surface area contributed by atoms with Crippen molar-refractivity contribution in [2.45, 2.75) is 25.8 Å². The Balaban J connectivity index is 3.01. The summed E-state index contributed by atoms with van der Waals surface area (Å²) in [4.78, 5) is 0. The van der Waals surface area contributed by atoms with Crippen molar-refractivity contribution in [2.24, 2.45) is 5.73 Å². The molecule has 14 heavy (non-hydrogen) atoms. The third-order valence-corrected chi connectivity index (χ3v) is 2.97. The average Bonchev–Trinajstić information content (AvgIpc) is 2.16. The summed E-state index contributed by atoms with van der Waals surface area (Å²) in [6.45, 7) is 4.26. The summed E-state index contributed by atoms with van der Waals surface area (Å²) in [5.41, 5.74) is 7.97. The van der Waals surface area contributed by atoms with Crippen LogP contribution in [0.3, 0.4) is 0 Å². The zero-order valence-corrected chi connectivity index (χ0v) is 10.1. The monoisotopic (exact) mass is 257 g/mol. The molecule has 0 saturated heterocycles. The van der Waals surface area contributed by atoms with Crippen LogP contribution in [-0.4, -0.2) is 11.7 Å². The molecule has 0 fully saturated rings. The molecule has 1 atom stereocenters. The predicted molar refractivity (Wildman–Crippen MR) is 62.2 cm³/mol. The van der Waals surface area contributed by atoms with Crippen molar-refractivity contribution in [1.82, 2.24) is 0 Å². The van der Waals surface area contributed by atoms with Gasteiger partial charge in [-0.3, -0.25) is 0 Å². The standard InChI is InChI=1S/C11H16BrNO/c1-7(2)8-3-4-9(10(12)5-8)11(13)6-14/h3-5,7,11,14H,6,13H2,1-2H3/t11-/m1/s1. The van der Waals surface area contributed by atoms with Crippen molar-refractivity contribution < 1.29 is 5.11 Å². The Bertz CT molecular complexity index is 312. The zero-order valence-electron chi connectivity index (χ0n) is 8.50. The van der Waals surface area contributed by atoms with Gasteiger partial charge < -0.3 is 10.8 Å². The number of benzene rings is 1. The molecule has 0 spiro atoms. The molecule has 0 radical (unpaired) electrons. The van der Waals surface area contributed by atoms with Gasteiger partial charge in [0.2, 0.25) is 0 Å². The Morgan fingerprint density at radius 1 is 1.43 bits per heavy atom. The van der Waals surface area contributed by atoms with Crippen molar-refractivity contribution in [2.75, 3.05) is 6.61 Å². The molecular formula is C11H16BrNO. The van der Waals surface area contributed by atoms with Gasteiger partial charge in [0.1, 0.15) is 0 Å². The molecule has 0 aliphatic carbocycles. The van der Waals surface area contributed by atoms with E-state index in [0.717, 1.165) is 10.0 Å². The highest BCUT2D eigenvalue weighted by Crippen LogP contribution is 2.26. The number of hydrogen-bond donors (Lipinski definition) is 2. The maximum atomic E-state index is 8.95. The second kappa shape index (κ2) is 4.91. The van der Waals surface area contributed by atoms with E-state index in [2.05, 4.69) is 41.9 Å². The van der Waals surface area contributed by atoms with E-state index >= 15 is 0 Å². The first-order valence-electron chi connectivity index (χ1n) is 4.72. The molecule has 78 valence electrons. The van der Waals surface area contributed by atoms with Crippen LogP contribution >= 0.6 is 15.9 Å².